The maximum absolute atomic E-state index is 14.0. The third-order valence-corrected chi connectivity index (χ3v) is 8.68. The summed E-state index contributed by atoms with van der Waals surface area (Å²) in [6, 6.07) is 7.42. The molecule has 2 heterocycles. The molecule has 266 valence electrons. The molecule has 1 fully saturated rings. The number of carbonyl (C=O) groups excluding carboxylic acids is 7. The van der Waals surface area contributed by atoms with E-state index in [4.69, 9.17) is 11.5 Å². The number of fused-ring (bicyclic) bond motifs is 1. The Balaban J connectivity index is 1.58. The second-order valence-electron chi connectivity index (χ2n) is 12.2. The highest BCUT2D eigenvalue weighted by Crippen LogP contribution is 2.24. The van der Waals surface area contributed by atoms with E-state index in [1.807, 2.05) is 36.4 Å². The minimum absolute atomic E-state index is 0.00146. The number of nitrogens with one attached hydrogen (secondary N) is 3. The van der Waals surface area contributed by atoms with E-state index in [-0.39, 0.29) is 45.2 Å². The van der Waals surface area contributed by atoms with Crippen LogP contribution in [0.2, 0.25) is 0 Å². The highest BCUT2D eigenvalue weighted by molar-refractivity contribution is 6.15. The molecule has 0 aromatic heterocycles. The van der Waals surface area contributed by atoms with Gasteiger partial charge >= 0.3 is 12.0 Å². The second kappa shape index (κ2) is 17.0. The predicted octanol–water partition coefficient (Wildman–Crippen LogP) is -0.175. The standard InChI is InChI=1S/C34H41N7O9/c35-30(46)23(8-5-16-37-34(36)50)38-31(47)24(19-20-10-11-21-6-1-2-7-22(21)18-20)39-32(48)25-9-3-4-17-40(25)33(49)26(12-15-29(44)45)41-27(42)13-14-28(41)43/h1-2,6-7,10-11,13-14,18,23-26H,3-5,8-9,12,15-17,19H2,(H2,35,46)(H,38,47)(H,39,48)(H,44,45)(H3,36,37,50). The van der Waals surface area contributed by atoms with Gasteiger partial charge in [0.05, 0.1) is 0 Å². The van der Waals surface area contributed by atoms with Crippen molar-refractivity contribution in [1.82, 2.24) is 25.8 Å². The third kappa shape index (κ3) is 9.64. The predicted molar refractivity (Wildman–Crippen MR) is 179 cm³/mol. The number of carboxylic acids is 1. The van der Waals surface area contributed by atoms with Crippen molar-refractivity contribution in [2.24, 2.45) is 11.5 Å². The molecule has 4 rings (SSSR count). The van der Waals surface area contributed by atoms with Crippen LogP contribution in [-0.4, -0.2) is 99.6 Å². The Morgan fingerprint density at radius 3 is 2.24 bits per heavy atom. The van der Waals surface area contributed by atoms with Crippen molar-refractivity contribution in [3.63, 3.8) is 0 Å². The molecule has 8 N–H and O–H groups in total. The molecule has 16 nitrogen and oxygen atoms in total. The maximum Gasteiger partial charge on any atom is 0.312 e. The minimum Gasteiger partial charge on any atom is -0.481 e. The van der Waals surface area contributed by atoms with E-state index < -0.39 is 78.0 Å². The summed E-state index contributed by atoms with van der Waals surface area (Å²) in [5.74, 6) is -5.75. The number of piperidine rings is 1. The van der Waals surface area contributed by atoms with Crippen LogP contribution in [0.5, 0.6) is 0 Å². The quantitative estimate of drug-likeness (QED) is 0.101. The molecule has 1 saturated heterocycles. The Kier molecular flexibility index (Phi) is 12.6. The lowest BCUT2D eigenvalue weighted by atomic mass is 9.97. The van der Waals surface area contributed by atoms with Gasteiger partial charge in [-0.2, -0.15) is 0 Å². The highest BCUT2D eigenvalue weighted by Gasteiger charge is 2.42. The van der Waals surface area contributed by atoms with Crippen molar-refractivity contribution in [2.45, 2.75) is 75.5 Å². The molecule has 0 aliphatic carbocycles. The number of carboxylic acid groups (broad SMARTS) is 1. The van der Waals surface area contributed by atoms with E-state index in [1.165, 1.54) is 4.90 Å². The van der Waals surface area contributed by atoms with Gasteiger partial charge in [0.25, 0.3) is 11.8 Å². The van der Waals surface area contributed by atoms with Gasteiger partial charge in [0, 0.05) is 38.1 Å². The number of benzene rings is 2. The molecule has 0 radical (unpaired) electrons. The zero-order chi connectivity index (χ0) is 36.4. The van der Waals surface area contributed by atoms with E-state index in [2.05, 4.69) is 16.0 Å². The van der Waals surface area contributed by atoms with Crippen LogP contribution in [0.15, 0.2) is 54.6 Å². The molecule has 4 unspecified atom stereocenters. The van der Waals surface area contributed by atoms with E-state index in [1.54, 1.807) is 6.07 Å². The van der Waals surface area contributed by atoms with Crippen LogP contribution in [0.25, 0.3) is 10.8 Å². The second-order valence-corrected chi connectivity index (χ2v) is 12.2. The van der Waals surface area contributed by atoms with Crippen molar-refractivity contribution in [3.05, 3.63) is 60.2 Å². The fourth-order valence-corrected chi connectivity index (χ4v) is 6.16. The summed E-state index contributed by atoms with van der Waals surface area (Å²) in [6.45, 7) is 0.227. The molecule has 0 bridgehead atoms. The SMILES string of the molecule is NC(=O)NCCCC(NC(=O)C(Cc1ccc2ccccc2c1)NC(=O)C1CCCCN1C(=O)C(CCC(=O)O)N1C(=O)C=CC1=O)C(N)=O. The van der Waals surface area contributed by atoms with Crippen LogP contribution >= 0.6 is 0 Å². The third-order valence-electron chi connectivity index (χ3n) is 8.68. The normalized spacial score (nSPS) is 17.6. The molecule has 4 atom stereocenters. The lowest BCUT2D eigenvalue weighted by molar-refractivity contribution is -0.154. The van der Waals surface area contributed by atoms with Crippen LogP contribution < -0.4 is 27.4 Å². The largest absolute Gasteiger partial charge is 0.481 e. The zero-order valence-electron chi connectivity index (χ0n) is 27.3. The van der Waals surface area contributed by atoms with Crippen LogP contribution in [0.4, 0.5) is 4.79 Å². The number of nitrogens with two attached hydrogens (primary N) is 2. The molecule has 2 aromatic rings. The fourth-order valence-electron chi connectivity index (χ4n) is 6.16. The van der Waals surface area contributed by atoms with Gasteiger partial charge in [-0.15, -0.1) is 0 Å². The smallest absolute Gasteiger partial charge is 0.312 e. The lowest BCUT2D eigenvalue weighted by Gasteiger charge is -2.39. The number of imide groups is 1. The number of hydrogen-bond acceptors (Lipinski definition) is 8. The Hall–Kier alpha value is -5.80. The molecular weight excluding hydrogens is 650 g/mol. The van der Waals surface area contributed by atoms with Gasteiger partial charge in [0.1, 0.15) is 24.2 Å². The van der Waals surface area contributed by atoms with Crippen LogP contribution in [0.3, 0.4) is 0 Å². The average molecular weight is 692 g/mol. The summed E-state index contributed by atoms with van der Waals surface area (Å²) in [5.41, 5.74) is 11.3. The van der Waals surface area contributed by atoms with Gasteiger partial charge in [-0.3, -0.25) is 38.5 Å². The first-order valence-corrected chi connectivity index (χ1v) is 16.3. The Bertz CT molecular complexity index is 1680. The van der Waals surface area contributed by atoms with E-state index >= 15 is 0 Å². The monoisotopic (exact) mass is 691 g/mol. The molecule has 8 amide bonds. The number of hydrogen-bond donors (Lipinski definition) is 6. The van der Waals surface area contributed by atoms with Crippen LogP contribution in [0.1, 0.15) is 50.5 Å². The van der Waals surface area contributed by atoms with Gasteiger partial charge in [0.2, 0.25) is 23.6 Å². The highest BCUT2D eigenvalue weighted by atomic mass is 16.4. The van der Waals surface area contributed by atoms with Crippen molar-refractivity contribution >= 4 is 58.2 Å². The molecule has 2 aliphatic rings. The zero-order valence-corrected chi connectivity index (χ0v) is 27.3. The number of rotatable bonds is 16. The van der Waals surface area contributed by atoms with Gasteiger partial charge in [-0.05, 0) is 54.9 Å². The van der Waals surface area contributed by atoms with Crippen molar-refractivity contribution in [2.75, 3.05) is 13.1 Å². The van der Waals surface area contributed by atoms with Gasteiger partial charge < -0.3 is 37.4 Å². The average Bonchev–Trinajstić information content (AvgIpc) is 3.42. The summed E-state index contributed by atoms with van der Waals surface area (Å²) in [5, 5.41) is 18.9. The summed E-state index contributed by atoms with van der Waals surface area (Å²) >= 11 is 0. The van der Waals surface area contributed by atoms with Crippen molar-refractivity contribution < 1.29 is 43.5 Å². The van der Waals surface area contributed by atoms with Crippen LogP contribution in [0, 0.1) is 0 Å². The summed E-state index contributed by atoms with van der Waals surface area (Å²) in [4.78, 5) is 103. The number of amides is 8. The summed E-state index contributed by atoms with van der Waals surface area (Å²) in [7, 11) is 0. The number of urea groups is 1. The van der Waals surface area contributed by atoms with Gasteiger partial charge in [-0.1, -0.05) is 42.5 Å². The lowest BCUT2D eigenvalue weighted by Crippen LogP contribution is -2.61. The summed E-state index contributed by atoms with van der Waals surface area (Å²) in [6.07, 6.45) is 2.72. The van der Waals surface area contributed by atoms with E-state index in [0.29, 0.717) is 23.3 Å². The molecule has 0 spiro atoms. The molecule has 50 heavy (non-hydrogen) atoms. The number of carbonyl (C=O) groups is 8. The first-order valence-electron chi connectivity index (χ1n) is 16.3. The first-order chi connectivity index (χ1) is 23.8. The van der Waals surface area contributed by atoms with Crippen molar-refractivity contribution in [3.8, 4) is 0 Å². The molecule has 16 heteroatoms. The number of aliphatic carboxylic acids is 1. The molecule has 2 aliphatic heterocycles. The van der Waals surface area contributed by atoms with Crippen LogP contribution in [-0.2, 0) is 40.0 Å². The molecule has 0 saturated carbocycles. The summed E-state index contributed by atoms with van der Waals surface area (Å²) < 4.78 is 0. The van der Waals surface area contributed by atoms with Crippen molar-refractivity contribution in [1.29, 1.82) is 0 Å². The Labute approximate surface area is 287 Å². The van der Waals surface area contributed by atoms with E-state index in [0.717, 1.165) is 22.9 Å². The Morgan fingerprint density at radius 2 is 1.58 bits per heavy atom. The first kappa shape index (κ1) is 37.0. The minimum atomic E-state index is -1.45. The fraction of sp³-hybridized carbons (Fsp3) is 0.412. The number of nitrogens with zero attached hydrogens (tertiary/aromatic N) is 2. The molecular formula is C34H41N7O9. The van der Waals surface area contributed by atoms with Gasteiger partial charge in [-0.25, -0.2) is 4.79 Å². The topological polar surface area (TPSA) is 251 Å². The molecule has 2 aromatic carbocycles. The van der Waals surface area contributed by atoms with Gasteiger partial charge in [0.15, 0.2) is 0 Å². The maximum atomic E-state index is 14.0. The van der Waals surface area contributed by atoms with E-state index in [9.17, 15) is 43.5 Å². The Morgan fingerprint density at radius 1 is 0.880 bits per heavy atom. The number of likely N-dealkylation sites (tertiary alicyclic amines) is 1. The number of primary amides is 2.